The van der Waals surface area contributed by atoms with Gasteiger partial charge < -0.3 is 21.7 Å². The SMILES string of the molecule is C1CCCCC1.C=C.CC.CC.CCNC(=O)CN=C(N)N.O=CN1CCC(c2cc(-c3cnc4ccccc4c3)n[nH]2)CC1. The molecule has 2 amide bonds. The van der Waals surface area contributed by atoms with Crippen molar-refractivity contribution >= 4 is 29.2 Å². The number of hydrogen-bond donors (Lipinski definition) is 4. The van der Waals surface area contributed by atoms with E-state index >= 15 is 0 Å². The van der Waals surface area contributed by atoms with Crippen LogP contribution in [-0.2, 0) is 9.59 Å². The molecule has 3 heterocycles. The Morgan fingerprint density at radius 1 is 1.02 bits per heavy atom. The Balaban J connectivity index is 0.000000732. The summed E-state index contributed by atoms with van der Waals surface area (Å²) in [5, 5.41) is 11.3. The lowest BCUT2D eigenvalue weighted by molar-refractivity contribution is -0.120. The Morgan fingerprint density at radius 2 is 1.60 bits per heavy atom. The number of piperidine rings is 1. The molecule has 1 saturated heterocycles. The van der Waals surface area contributed by atoms with E-state index in [9.17, 15) is 9.59 Å². The van der Waals surface area contributed by atoms with Crippen LogP contribution in [0, 0.1) is 0 Å². The van der Waals surface area contributed by atoms with Gasteiger partial charge in [-0.2, -0.15) is 5.10 Å². The van der Waals surface area contributed by atoms with E-state index in [4.69, 9.17) is 11.5 Å². The number of H-pyrrole nitrogens is 1. The quantitative estimate of drug-likeness (QED) is 0.106. The number of likely N-dealkylation sites (tertiary alicyclic amines) is 1. The Kier molecular flexibility index (Phi) is 23.8. The topological polar surface area (TPSA) is 155 Å². The van der Waals surface area contributed by atoms with Crippen molar-refractivity contribution in [3.8, 4) is 11.3 Å². The predicted octanol–water partition coefficient (Wildman–Crippen LogP) is 6.55. The molecule has 1 aliphatic carbocycles. The minimum atomic E-state index is -0.170. The van der Waals surface area contributed by atoms with Crippen LogP contribution in [-0.4, -0.2) is 64.5 Å². The third-order valence-corrected chi connectivity index (χ3v) is 6.88. The summed E-state index contributed by atoms with van der Waals surface area (Å²) in [6.45, 7) is 18.1. The standard InChI is InChI=1S/C18H18N4O.C6H12.C5H12N4O.2C2H6.C2H4/c23-12-22-7-5-13(6-8-22)17-10-18(21-20-17)15-9-14-3-1-2-4-16(14)19-11-15;1-2-4-6-5-3-1;1-2-8-4(10)3-9-5(6)7;3*1-2/h1-4,9-13H,5-8H2,(H,20,21);1-6H2;2-3H2,1H3,(H,8,10)(H4,6,7,9);2*1-2H3;1-2H2. The average molecular weight is 623 g/mol. The second-order valence-electron chi connectivity index (χ2n) is 9.86. The van der Waals surface area contributed by atoms with Gasteiger partial charge >= 0.3 is 0 Å². The fourth-order valence-corrected chi connectivity index (χ4v) is 4.70. The van der Waals surface area contributed by atoms with Crippen molar-refractivity contribution in [2.24, 2.45) is 16.5 Å². The number of rotatable bonds is 6. The lowest BCUT2D eigenvalue weighted by Crippen LogP contribution is -2.31. The molecule has 6 N–H and O–H groups in total. The molecule has 1 saturated carbocycles. The third kappa shape index (κ3) is 16.4. The van der Waals surface area contributed by atoms with Gasteiger partial charge in [0.2, 0.25) is 12.3 Å². The molecule has 1 aliphatic heterocycles. The minimum Gasteiger partial charge on any atom is -0.370 e. The van der Waals surface area contributed by atoms with E-state index in [1.54, 1.807) is 0 Å². The van der Waals surface area contributed by atoms with Crippen molar-refractivity contribution in [2.75, 3.05) is 26.2 Å². The van der Waals surface area contributed by atoms with Gasteiger partial charge in [-0.3, -0.25) is 19.7 Å². The fourth-order valence-electron chi connectivity index (χ4n) is 4.70. The van der Waals surface area contributed by atoms with Gasteiger partial charge in [0.1, 0.15) is 6.54 Å². The molecule has 0 bridgehead atoms. The summed E-state index contributed by atoms with van der Waals surface area (Å²) in [5.41, 5.74) is 14.1. The number of guanidine groups is 1. The first-order valence-corrected chi connectivity index (χ1v) is 16.4. The molecular formula is C35H58N8O2. The molecule has 250 valence electrons. The Bertz CT molecular complexity index is 1200. The van der Waals surface area contributed by atoms with Gasteiger partial charge in [-0.15, -0.1) is 13.2 Å². The number of aliphatic imine (C=N–C) groups is 1. The van der Waals surface area contributed by atoms with Crippen LogP contribution >= 0.6 is 0 Å². The highest BCUT2D eigenvalue weighted by molar-refractivity contribution is 5.83. The molecule has 2 aromatic heterocycles. The maximum absolute atomic E-state index is 10.8. The highest BCUT2D eigenvalue weighted by atomic mass is 16.2. The number of nitrogens with one attached hydrogen (secondary N) is 2. The summed E-state index contributed by atoms with van der Waals surface area (Å²) < 4.78 is 0. The number of hydrogen-bond acceptors (Lipinski definition) is 5. The van der Waals surface area contributed by atoms with E-state index < -0.39 is 0 Å². The summed E-state index contributed by atoms with van der Waals surface area (Å²) in [7, 11) is 0. The van der Waals surface area contributed by atoms with E-state index in [0.29, 0.717) is 12.5 Å². The van der Waals surface area contributed by atoms with Crippen molar-refractivity contribution in [3.05, 3.63) is 61.4 Å². The first-order valence-electron chi connectivity index (χ1n) is 16.4. The number of likely N-dealkylation sites (N-methyl/N-ethyl adjacent to an activating group) is 1. The molecule has 0 atom stereocenters. The monoisotopic (exact) mass is 622 g/mol. The summed E-state index contributed by atoms with van der Waals surface area (Å²) >= 11 is 0. The number of nitrogens with zero attached hydrogens (tertiary/aromatic N) is 4. The van der Waals surface area contributed by atoms with Gasteiger partial charge in [0.15, 0.2) is 5.96 Å². The number of carbonyl (C=O) groups excluding carboxylic acids is 2. The van der Waals surface area contributed by atoms with E-state index in [1.807, 2.05) is 63.9 Å². The third-order valence-electron chi connectivity index (χ3n) is 6.88. The van der Waals surface area contributed by atoms with Crippen LogP contribution in [0.5, 0.6) is 0 Å². The van der Waals surface area contributed by atoms with Gasteiger partial charge in [0.05, 0.1) is 11.2 Å². The smallest absolute Gasteiger partial charge is 0.241 e. The molecule has 2 fully saturated rings. The zero-order chi connectivity index (χ0) is 33.9. The second kappa shape index (κ2) is 26.2. The van der Waals surface area contributed by atoms with Crippen LogP contribution in [0.25, 0.3) is 22.2 Å². The van der Waals surface area contributed by atoms with Gasteiger partial charge in [0, 0.05) is 48.4 Å². The first kappa shape index (κ1) is 40.8. The molecule has 10 heteroatoms. The van der Waals surface area contributed by atoms with Crippen LogP contribution in [0.2, 0.25) is 0 Å². The highest BCUT2D eigenvalue weighted by Crippen LogP contribution is 2.29. The van der Waals surface area contributed by atoms with E-state index in [1.165, 1.54) is 38.5 Å². The molecule has 45 heavy (non-hydrogen) atoms. The Hall–Kier alpha value is -4.21. The van der Waals surface area contributed by atoms with Crippen LogP contribution < -0.4 is 16.8 Å². The van der Waals surface area contributed by atoms with E-state index in [-0.39, 0.29) is 18.4 Å². The molecule has 0 radical (unpaired) electrons. The van der Waals surface area contributed by atoms with E-state index in [0.717, 1.165) is 60.2 Å². The molecule has 1 aromatic carbocycles. The highest BCUT2D eigenvalue weighted by Gasteiger charge is 2.21. The molecule has 3 aromatic rings. The average Bonchev–Trinajstić information content (AvgIpc) is 3.62. The van der Waals surface area contributed by atoms with Gasteiger partial charge in [0.25, 0.3) is 0 Å². The van der Waals surface area contributed by atoms with Gasteiger partial charge in [-0.05, 0) is 38.0 Å². The Labute approximate surface area is 271 Å². The lowest BCUT2D eigenvalue weighted by atomic mass is 9.93. The number of aromatic amines is 1. The minimum absolute atomic E-state index is 0.0101. The van der Waals surface area contributed by atoms with Gasteiger partial charge in [-0.25, -0.2) is 4.99 Å². The summed E-state index contributed by atoms with van der Waals surface area (Å²) in [5.74, 6) is 0.211. The van der Waals surface area contributed by atoms with Crippen LogP contribution in [0.15, 0.2) is 60.7 Å². The summed E-state index contributed by atoms with van der Waals surface area (Å²) in [6.07, 6.45) is 13.8. The molecule has 10 nitrogen and oxygen atoms in total. The number of nitrogens with two attached hydrogens (primary N) is 2. The van der Waals surface area contributed by atoms with E-state index in [2.05, 4.69) is 56.8 Å². The van der Waals surface area contributed by atoms with Crippen LogP contribution in [0.1, 0.15) is 97.6 Å². The molecule has 0 unspecified atom stereocenters. The van der Waals surface area contributed by atoms with Crippen LogP contribution in [0.4, 0.5) is 0 Å². The molecule has 5 rings (SSSR count). The largest absolute Gasteiger partial charge is 0.370 e. The fraction of sp³-hybridized carbons (Fsp3) is 0.514. The maximum atomic E-state index is 10.8. The van der Waals surface area contributed by atoms with Crippen molar-refractivity contribution in [3.63, 3.8) is 0 Å². The van der Waals surface area contributed by atoms with Crippen molar-refractivity contribution in [2.45, 2.75) is 91.9 Å². The summed E-state index contributed by atoms with van der Waals surface area (Å²) in [4.78, 5) is 31.3. The van der Waals surface area contributed by atoms with Gasteiger partial charge in [-0.1, -0.05) is 84.4 Å². The molecule has 2 aliphatic rings. The number of pyridine rings is 1. The zero-order valence-corrected chi connectivity index (χ0v) is 28.4. The zero-order valence-electron chi connectivity index (χ0n) is 28.4. The number of benzene rings is 1. The van der Waals surface area contributed by atoms with Crippen molar-refractivity contribution in [1.82, 2.24) is 25.4 Å². The van der Waals surface area contributed by atoms with Crippen molar-refractivity contribution in [1.29, 1.82) is 0 Å². The lowest BCUT2D eigenvalue weighted by Gasteiger charge is -2.28. The Morgan fingerprint density at radius 3 is 2.13 bits per heavy atom. The predicted molar refractivity (Wildman–Crippen MR) is 190 cm³/mol. The van der Waals surface area contributed by atoms with Crippen LogP contribution in [0.3, 0.4) is 0 Å². The normalized spacial score (nSPS) is 13.6. The molecular weight excluding hydrogens is 564 g/mol. The number of para-hydroxylation sites is 1. The molecule has 0 spiro atoms. The van der Waals surface area contributed by atoms with Crippen molar-refractivity contribution < 1.29 is 9.59 Å². The number of aromatic nitrogens is 3. The number of amides is 2. The number of fused-ring (bicyclic) bond motifs is 1. The first-order chi connectivity index (χ1) is 22.0. The summed E-state index contributed by atoms with van der Waals surface area (Å²) in [6, 6.07) is 12.3. The number of carbonyl (C=O) groups is 2. The second-order valence-corrected chi connectivity index (χ2v) is 9.86. The maximum Gasteiger partial charge on any atom is 0.241 e.